The van der Waals surface area contributed by atoms with E-state index < -0.39 is 5.41 Å². The molecule has 0 aromatic heterocycles. The lowest BCUT2D eigenvalue weighted by Gasteiger charge is -2.45. The average molecular weight is 560 g/mol. The Morgan fingerprint density at radius 2 is 0.795 bits per heavy atom. The SMILES string of the molecule is c1ccc(-c2ccccc2-c2ccc3c(c2)C2(c4ccccc4-c4ccccc42)c2ccccc2N3c2ccccc2)cc1. The van der Waals surface area contributed by atoms with Crippen molar-refractivity contribution < 1.29 is 0 Å². The van der Waals surface area contributed by atoms with Crippen LogP contribution in [0.15, 0.2) is 176 Å². The number of nitrogens with zero attached hydrogens (tertiary/aromatic N) is 1. The number of fused-ring (bicyclic) bond motifs is 9. The van der Waals surface area contributed by atoms with Gasteiger partial charge < -0.3 is 4.90 Å². The summed E-state index contributed by atoms with van der Waals surface area (Å²) in [5.41, 5.74) is 16.0. The topological polar surface area (TPSA) is 3.24 Å². The van der Waals surface area contributed by atoms with E-state index in [-0.39, 0.29) is 0 Å². The van der Waals surface area contributed by atoms with E-state index in [2.05, 4.69) is 181 Å². The molecule has 0 atom stereocenters. The Labute approximate surface area is 258 Å². The van der Waals surface area contributed by atoms with Crippen molar-refractivity contribution in [2.75, 3.05) is 4.90 Å². The molecular weight excluding hydrogens is 530 g/mol. The van der Waals surface area contributed by atoms with Gasteiger partial charge in [-0.3, -0.25) is 0 Å². The first-order valence-corrected chi connectivity index (χ1v) is 15.3. The molecule has 0 N–H and O–H groups in total. The van der Waals surface area contributed by atoms with Crippen molar-refractivity contribution >= 4 is 17.1 Å². The van der Waals surface area contributed by atoms with Gasteiger partial charge in [-0.15, -0.1) is 0 Å². The number of hydrogen-bond donors (Lipinski definition) is 0. The van der Waals surface area contributed by atoms with Crippen molar-refractivity contribution in [2.45, 2.75) is 5.41 Å². The van der Waals surface area contributed by atoms with Gasteiger partial charge in [0.25, 0.3) is 0 Å². The van der Waals surface area contributed by atoms with Crippen molar-refractivity contribution in [1.82, 2.24) is 0 Å². The molecule has 44 heavy (non-hydrogen) atoms. The van der Waals surface area contributed by atoms with Crippen LogP contribution >= 0.6 is 0 Å². The maximum absolute atomic E-state index is 2.47. The summed E-state index contributed by atoms with van der Waals surface area (Å²) in [5, 5.41) is 0. The van der Waals surface area contributed by atoms with Crippen molar-refractivity contribution in [3.05, 3.63) is 198 Å². The third-order valence-electron chi connectivity index (χ3n) is 9.48. The minimum absolute atomic E-state index is 0.456. The summed E-state index contributed by atoms with van der Waals surface area (Å²) in [6, 6.07) is 64.5. The molecule has 7 aromatic rings. The number of anilines is 3. The molecule has 0 amide bonds. The highest BCUT2D eigenvalue weighted by atomic mass is 15.2. The van der Waals surface area contributed by atoms with Crippen molar-refractivity contribution in [2.24, 2.45) is 0 Å². The summed E-state index contributed by atoms with van der Waals surface area (Å²) in [6.45, 7) is 0. The van der Waals surface area contributed by atoms with Gasteiger partial charge in [0.15, 0.2) is 0 Å². The minimum atomic E-state index is -0.456. The summed E-state index contributed by atoms with van der Waals surface area (Å²) >= 11 is 0. The molecule has 2 aliphatic rings. The summed E-state index contributed by atoms with van der Waals surface area (Å²) in [5.74, 6) is 0. The van der Waals surface area contributed by atoms with Gasteiger partial charge in [0.05, 0.1) is 16.8 Å². The summed E-state index contributed by atoms with van der Waals surface area (Å²) < 4.78 is 0. The molecule has 0 saturated carbocycles. The highest BCUT2D eigenvalue weighted by molar-refractivity contribution is 5.97. The third kappa shape index (κ3) is 3.41. The third-order valence-corrected chi connectivity index (χ3v) is 9.48. The van der Waals surface area contributed by atoms with Gasteiger partial charge in [-0.1, -0.05) is 146 Å². The zero-order valence-corrected chi connectivity index (χ0v) is 24.2. The van der Waals surface area contributed by atoms with Crippen LogP contribution in [0.3, 0.4) is 0 Å². The van der Waals surface area contributed by atoms with E-state index in [0.29, 0.717) is 0 Å². The average Bonchev–Trinajstić information content (AvgIpc) is 3.40. The molecule has 0 radical (unpaired) electrons. The summed E-state index contributed by atoms with van der Waals surface area (Å²) in [6.07, 6.45) is 0. The normalized spacial score (nSPS) is 13.6. The predicted octanol–water partition coefficient (Wildman–Crippen LogP) is 11.2. The molecule has 1 aliphatic carbocycles. The molecule has 1 nitrogen and oxygen atoms in total. The number of hydrogen-bond acceptors (Lipinski definition) is 1. The van der Waals surface area contributed by atoms with Gasteiger partial charge in [0.1, 0.15) is 0 Å². The number of benzene rings is 7. The Morgan fingerprint density at radius 1 is 0.318 bits per heavy atom. The second-order valence-electron chi connectivity index (χ2n) is 11.7. The van der Waals surface area contributed by atoms with Gasteiger partial charge in [-0.2, -0.15) is 0 Å². The Kier molecular flexibility index (Phi) is 5.48. The summed E-state index contributed by atoms with van der Waals surface area (Å²) in [7, 11) is 0. The van der Waals surface area contributed by atoms with Crippen LogP contribution in [0.25, 0.3) is 33.4 Å². The smallest absolute Gasteiger partial charge is 0.0754 e. The fourth-order valence-electron chi connectivity index (χ4n) is 7.73. The van der Waals surface area contributed by atoms with E-state index >= 15 is 0 Å². The molecule has 1 aliphatic heterocycles. The molecule has 206 valence electrons. The van der Waals surface area contributed by atoms with Crippen molar-refractivity contribution in [1.29, 1.82) is 0 Å². The lowest BCUT2D eigenvalue weighted by molar-refractivity contribution is 0.753. The van der Waals surface area contributed by atoms with Crippen molar-refractivity contribution in [3.8, 4) is 33.4 Å². The standard InChI is InChI=1S/C43H29N/c1-3-15-30(16-4-1)33-19-7-8-20-34(33)31-27-28-42-40(29-31)43(37-23-11-9-21-35(37)36-22-10-12-24-38(36)43)39-25-13-14-26-41(39)44(42)32-17-5-2-6-18-32/h1-29H. The highest BCUT2D eigenvalue weighted by Crippen LogP contribution is 2.63. The van der Waals surface area contributed by atoms with Crippen LogP contribution in [0.4, 0.5) is 17.1 Å². The second-order valence-corrected chi connectivity index (χ2v) is 11.7. The predicted molar refractivity (Wildman–Crippen MR) is 183 cm³/mol. The first-order chi connectivity index (χ1) is 21.9. The molecule has 0 bridgehead atoms. The first kappa shape index (κ1) is 24.9. The van der Waals surface area contributed by atoms with Crippen LogP contribution in [0.1, 0.15) is 22.3 Å². The van der Waals surface area contributed by atoms with E-state index in [0.717, 1.165) is 5.69 Å². The molecule has 0 unspecified atom stereocenters. The van der Waals surface area contributed by atoms with Crippen LogP contribution in [-0.4, -0.2) is 0 Å². The van der Waals surface area contributed by atoms with E-state index in [4.69, 9.17) is 0 Å². The molecule has 1 spiro atoms. The van der Waals surface area contributed by atoms with Gasteiger partial charge >= 0.3 is 0 Å². The van der Waals surface area contributed by atoms with Gasteiger partial charge in [-0.25, -0.2) is 0 Å². The molecule has 1 heterocycles. The quantitative estimate of drug-likeness (QED) is 0.208. The van der Waals surface area contributed by atoms with Crippen LogP contribution in [0.2, 0.25) is 0 Å². The largest absolute Gasteiger partial charge is 0.310 e. The summed E-state index contributed by atoms with van der Waals surface area (Å²) in [4.78, 5) is 2.45. The zero-order chi connectivity index (χ0) is 29.1. The second kappa shape index (κ2) is 9.69. The Morgan fingerprint density at radius 3 is 1.45 bits per heavy atom. The van der Waals surface area contributed by atoms with Crippen LogP contribution in [-0.2, 0) is 5.41 Å². The van der Waals surface area contributed by atoms with E-state index in [9.17, 15) is 0 Å². The Balaban J connectivity index is 1.41. The minimum Gasteiger partial charge on any atom is -0.310 e. The highest BCUT2D eigenvalue weighted by Gasteiger charge is 2.51. The van der Waals surface area contributed by atoms with E-state index in [1.807, 2.05) is 0 Å². The Bertz CT molecular complexity index is 2130. The van der Waals surface area contributed by atoms with Gasteiger partial charge in [0.2, 0.25) is 0 Å². The first-order valence-electron chi connectivity index (χ1n) is 15.3. The monoisotopic (exact) mass is 559 g/mol. The zero-order valence-electron chi connectivity index (χ0n) is 24.2. The lowest BCUT2D eigenvalue weighted by Crippen LogP contribution is -2.36. The van der Waals surface area contributed by atoms with E-state index in [1.165, 1.54) is 67.0 Å². The molecule has 9 rings (SSSR count). The molecule has 0 saturated heterocycles. The van der Waals surface area contributed by atoms with Crippen LogP contribution in [0.5, 0.6) is 0 Å². The molecular formula is C43H29N. The maximum atomic E-state index is 2.47. The van der Waals surface area contributed by atoms with Crippen LogP contribution < -0.4 is 4.90 Å². The van der Waals surface area contributed by atoms with Crippen molar-refractivity contribution in [3.63, 3.8) is 0 Å². The maximum Gasteiger partial charge on any atom is 0.0754 e. The molecule has 0 fully saturated rings. The van der Waals surface area contributed by atoms with Gasteiger partial charge in [0, 0.05) is 5.69 Å². The fourth-order valence-corrected chi connectivity index (χ4v) is 7.73. The Hall–Kier alpha value is -5.66. The fraction of sp³-hybridized carbons (Fsp3) is 0.0233. The number of para-hydroxylation sites is 2. The number of rotatable bonds is 3. The molecule has 1 heteroatoms. The van der Waals surface area contributed by atoms with Crippen LogP contribution in [0, 0.1) is 0 Å². The van der Waals surface area contributed by atoms with Gasteiger partial charge in [-0.05, 0) is 86.0 Å². The van der Waals surface area contributed by atoms with E-state index in [1.54, 1.807) is 0 Å². The lowest BCUT2D eigenvalue weighted by atomic mass is 9.64. The molecule has 7 aromatic carbocycles.